The average Bonchev–Trinajstić information content (AvgIpc) is 2.51. The maximum atomic E-state index is 11.2. The van der Waals surface area contributed by atoms with Crippen LogP contribution in [0.4, 0.5) is 0 Å². The topological polar surface area (TPSA) is 66.0 Å². The molecule has 7 heteroatoms. The number of carbonyl (C=O) groups is 1. The van der Waals surface area contributed by atoms with E-state index in [9.17, 15) is 4.79 Å². The van der Waals surface area contributed by atoms with Crippen LogP contribution in [0.2, 0.25) is 0 Å². The molecule has 0 atom stereocenters. The van der Waals surface area contributed by atoms with Gasteiger partial charge >= 0.3 is 0 Å². The van der Waals surface area contributed by atoms with Gasteiger partial charge in [-0.1, -0.05) is 6.92 Å². The zero-order valence-electron chi connectivity index (χ0n) is 13.9. The van der Waals surface area contributed by atoms with Crippen LogP contribution in [-0.4, -0.2) is 77.3 Å². The summed E-state index contributed by atoms with van der Waals surface area (Å²) >= 11 is 1.77. The van der Waals surface area contributed by atoms with E-state index in [1.807, 2.05) is 6.92 Å². The maximum Gasteiger partial charge on any atom is 0.220 e. The third-order valence-electron chi connectivity index (χ3n) is 2.59. The van der Waals surface area contributed by atoms with E-state index in [1.165, 1.54) is 0 Å². The quantitative estimate of drug-likeness (QED) is 0.404. The fourth-order valence-corrected chi connectivity index (χ4v) is 1.77. The summed E-state index contributed by atoms with van der Waals surface area (Å²) in [5.74, 6) is 1.10. The first-order valence-corrected chi connectivity index (χ1v) is 9.27. The normalized spacial score (nSPS) is 10.8. The van der Waals surface area contributed by atoms with Gasteiger partial charge in [0.1, 0.15) is 0 Å². The van der Waals surface area contributed by atoms with Crippen LogP contribution < -0.4 is 5.32 Å². The van der Waals surface area contributed by atoms with E-state index in [-0.39, 0.29) is 5.91 Å². The molecule has 0 aliphatic rings. The van der Waals surface area contributed by atoms with Crippen LogP contribution in [0.25, 0.3) is 0 Å². The Bertz CT molecular complexity index is 244. The summed E-state index contributed by atoms with van der Waals surface area (Å²) in [6.45, 7) is 7.26. The Morgan fingerprint density at radius 2 is 1.36 bits per heavy atom. The van der Waals surface area contributed by atoms with Crippen molar-refractivity contribution in [2.24, 2.45) is 0 Å². The number of rotatable bonds is 17. The average molecular weight is 337 g/mol. The molecule has 0 rings (SSSR count). The predicted molar refractivity (Wildman–Crippen MR) is 89.6 cm³/mol. The summed E-state index contributed by atoms with van der Waals surface area (Å²) in [5, 5.41) is 2.79. The summed E-state index contributed by atoms with van der Waals surface area (Å²) in [6.07, 6.45) is 3.50. The molecule has 22 heavy (non-hydrogen) atoms. The highest BCUT2D eigenvalue weighted by atomic mass is 32.2. The van der Waals surface area contributed by atoms with Gasteiger partial charge in [-0.05, 0) is 12.7 Å². The van der Waals surface area contributed by atoms with Gasteiger partial charge in [-0.2, -0.15) is 11.8 Å². The molecule has 0 unspecified atom stereocenters. The van der Waals surface area contributed by atoms with E-state index < -0.39 is 0 Å². The lowest BCUT2D eigenvalue weighted by Crippen LogP contribution is -2.27. The van der Waals surface area contributed by atoms with Gasteiger partial charge in [0.25, 0.3) is 0 Å². The van der Waals surface area contributed by atoms with E-state index in [4.69, 9.17) is 18.9 Å². The summed E-state index contributed by atoms with van der Waals surface area (Å²) in [6, 6.07) is 0. The number of nitrogens with one attached hydrogen (secondary N) is 1. The molecule has 1 N–H and O–H groups in total. The van der Waals surface area contributed by atoms with Crippen LogP contribution in [0.3, 0.4) is 0 Å². The Hall–Kier alpha value is -0.340. The lowest BCUT2D eigenvalue weighted by molar-refractivity contribution is -0.121. The minimum atomic E-state index is 0.0805. The second-order valence-electron chi connectivity index (χ2n) is 4.54. The Kier molecular flexibility index (Phi) is 18.4. The Labute approximate surface area is 138 Å². The fourth-order valence-electron chi connectivity index (χ4n) is 1.48. The monoisotopic (exact) mass is 337 g/mol. The van der Waals surface area contributed by atoms with Gasteiger partial charge in [0.15, 0.2) is 0 Å². The number of carbonyl (C=O) groups excluding carboxylic acids is 1. The van der Waals surface area contributed by atoms with Crippen molar-refractivity contribution in [1.29, 1.82) is 0 Å². The van der Waals surface area contributed by atoms with Gasteiger partial charge in [-0.3, -0.25) is 4.79 Å². The molecule has 0 heterocycles. The zero-order chi connectivity index (χ0) is 16.3. The van der Waals surface area contributed by atoms with Crippen LogP contribution >= 0.6 is 11.8 Å². The van der Waals surface area contributed by atoms with E-state index >= 15 is 0 Å². The zero-order valence-corrected chi connectivity index (χ0v) is 14.8. The SMILES string of the molecule is CCCC(=O)NCCOCCOCCOCCOCCSC. The van der Waals surface area contributed by atoms with Gasteiger partial charge < -0.3 is 24.3 Å². The molecule has 0 saturated carbocycles. The van der Waals surface area contributed by atoms with Crippen LogP contribution in [0.5, 0.6) is 0 Å². The minimum Gasteiger partial charge on any atom is -0.378 e. The fraction of sp³-hybridized carbons (Fsp3) is 0.933. The van der Waals surface area contributed by atoms with Gasteiger partial charge in [0.05, 0.1) is 52.9 Å². The van der Waals surface area contributed by atoms with Crippen molar-refractivity contribution in [2.75, 3.05) is 71.4 Å². The molecular formula is C15H31NO5S. The molecular weight excluding hydrogens is 306 g/mol. The summed E-state index contributed by atoms with van der Waals surface area (Å²) in [4.78, 5) is 11.2. The summed E-state index contributed by atoms with van der Waals surface area (Å²) in [5.41, 5.74) is 0. The molecule has 0 saturated heterocycles. The van der Waals surface area contributed by atoms with Crippen molar-refractivity contribution in [3.05, 3.63) is 0 Å². The first kappa shape index (κ1) is 21.7. The molecule has 0 bridgehead atoms. The Balaban J connectivity index is 3.01. The van der Waals surface area contributed by atoms with Crippen LogP contribution in [-0.2, 0) is 23.7 Å². The number of amides is 1. The lowest BCUT2D eigenvalue weighted by atomic mass is 10.3. The number of ether oxygens (including phenoxy) is 4. The molecule has 0 aromatic carbocycles. The summed E-state index contributed by atoms with van der Waals surface area (Å²) < 4.78 is 21.4. The van der Waals surface area contributed by atoms with Crippen molar-refractivity contribution in [2.45, 2.75) is 19.8 Å². The van der Waals surface area contributed by atoms with Gasteiger partial charge in [-0.25, -0.2) is 0 Å². The lowest BCUT2D eigenvalue weighted by Gasteiger charge is -2.08. The third kappa shape index (κ3) is 17.7. The van der Waals surface area contributed by atoms with Crippen LogP contribution in [0, 0.1) is 0 Å². The maximum absolute atomic E-state index is 11.2. The summed E-state index contributed by atoms with van der Waals surface area (Å²) in [7, 11) is 0. The first-order valence-electron chi connectivity index (χ1n) is 7.87. The van der Waals surface area contributed by atoms with Crippen molar-refractivity contribution in [1.82, 2.24) is 5.32 Å². The number of thioether (sulfide) groups is 1. The molecule has 1 amide bonds. The van der Waals surface area contributed by atoms with Gasteiger partial charge in [-0.15, -0.1) is 0 Å². The van der Waals surface area contributed by atoms with E-state index in [2.05, 4.69) is 11.6 Å². The van der Waals surface area contributed by atoms with Gasteiger partial charge in [0.2, 0.25) is 5.91 Å². The second kappa shape index (κ2) is 18.7. The Morgan fingerprint density at radius 1 is 0.864 bits per heavy atom. The highest BCUT2D eigenvalue weighted by Gasteiger charge is 1.97. The highest BCUT2D eigenvalue weighted by Crippen LogP contribution is 1.90. The van der Waals surface area contributed by atoms with E-state index in [0.717, 1.165) is 18.8 Å². The number of hydrogen-bond donors (Lipinski definition) is 1. The molecule has 0 aromatic heterocycles. The smallest absolute Gasteiger partial charge is 0.220 e. The van der Waals surface area contributed by atoms with Crippen molar-refractivity contribution in [3.63, 3.8) is 0 Å². The molecule has 0 aliphatic carbocycles. The number of hydrogen-bond acceptors (Lipinski definition) is 6. The van der Waals surface area contributed by atoms with Crippen molar-refractivity contribution < 1.29 is 23.7 Å². The molecule has 6 nitrogen and oxygen atoms in total. The molecule has 0 fully saturated rings. The van der Waals surface area contributed by atoms with Crippen molar-refractivity contribution in [3.8, 4) is 0 Å². The molecule has 0 aliphatic heterocycles. The minimum absolute atomic E-state index is 0.0805. The predicted octanol–water partition coefficient (Wildman–Crippen LogP) is 1.33. The standard InChI is InChI=1S/C15H31NO5S/c1-3-4-15(17)16-5-6-18-7-8-19-9-10-20-11-12-21-13-14-22-2/h3-14H2,1-2H3,(H,16,17). The largest absolute Gasteiger partial charge is 0.378 e. The third-order valence-corrected chi connectivity index (χ3v) is 3.17. The molecule has 132 valence electrons. The van der Waals surface area contributed by atoms with Gasteiger partial charge in [0, 0.05) is 18.7 Å². The molecule has 0 spiro atoms. The van der Waals surface area contributed by atoms with E-state index in [0.29, 0.717) is 59.2 Å². The Morgan fingerprint density at radius 3 is 1.86 bits per heavy atom. The van der Waals surface area contributed by atoms with Crippen molar-refractivity contribution >= 4 is 17.7 Å². The second-order valence-corrected chi connectivity index (χ2v) is 5.53. The first-order chi connectivity index (χ1) is 10.8. The molecule has 0 radical (unpaired) electrons. The highest BCUT2D eigenvalue weighted by molar-refractivity contribution is 7.98. The molecule has 0 aromatic rings. The van der Waals surface area contributed by atoms with E-state index in [1.54, 1.807) is 11.8 Å². The van der Waals surface area contributed by atoms with Crippen LogP contribution in [0.15, 0.2) is 0 Å². The van der Waals surface area contributed by atoms with Crippen LogP contribution in [0.1, 0.15) is 19.8 Å².